The minimum Gasteiger partial charge on any atom is -0.466 e. The maximum absolute atomic E-state index is 12.9. The van der Waals surface area contributed by atoms with Crippen molar-refractivity contribution >= 4 is 11.9 Å². The number of carbonyl (C=O) groups is 2. The van der Waals surface area contributed by atoms with Crippen molar-refractivity contribution in [3.05, 3.63) is 0 Å². The van der Waals surface area contributed by atoms with Crippen molar-refractivity contribution in [2.45, 2.75) is 241 Å². The molecule has 0 aromatic carbocycles. The molecule has 0 aromatic rings. The van der Waals surface area contributed by atoms with E-state index in [2.05, 4.69) is 39.5 Å². The Kier molecular flexibility index (Phi) is 52.9. The number of aliphatic hydroxyl groups excluding tert-OH is 1. The molecule has 0 spiro atoms. The van der Waals surface area contributed by atoms with Crippen LogP contribution < -0.4 is 0 Å². The molecule has 0 aliphatic rings. The summed E-state index contributed by atoms with van der Waals surface area (Å²) in [5.74, 6) is 0.0212. The molecule has 0 saturated heterocycles. The van der Waals surface area contributed by atoms with Gasteiger partial charge in [-0.25, -0.2) is 0 Å². The molecule has 0 radical (unpaired) electrons. The fraction of sp³-hybridized carbons (Fsp3) is 0.957. The lowest BCUT2D eigenvalue weighted by molar-refractivity contribution is -0.149. The highest BCUT2D eigenvalue weighted by molar-refractivity contribution is 5.72. The van der Waals surface area contributed by atoms with Crippen molar-refractivity contribution in [1.29, 1.82) is 0 Å². The molecule has 1 unspecified atom stereocenters. The van der Waals surface area contributed by atoms with E-state index < -0.39 is 0 Å². The molecule has 0 saturated carbocycles. The number of unbranched alkanes of at least 4 members (excludes halogenated alkanes) is 20. The summed E-state index contributed by atoms with van der Waals surface area (Å²) >= 11 is 0. The van der Waals surface area contributed by atoms with Crippen LogP contribution in [0.3, 0.4) is 0 Å². The number of nitrogens with zero attached hydrogens (tertiary/aromatic N) is 1. The van der Waals surface area contributed by atoms with Gasteiger partial charge in [-0.15, -0.1) is 0 Å². The van der Waals surface area contributed by atoms with Crippen molar-refractivity contribution in [2.24, 2.45) is 5.92 Å². The first-order chi connectivity index (χ1) is 25.5. The number of carbonyl (C=O) groups excluding carboxylic acids is 2. The van der Waals surface area contributed by atoms with Gasteiger partial charge in [0.05, 0.1) is 19.1 Å². The highest BCUT2D eigenvalue weighted by atomic mass is 16.5. The van der Waals surface area contributed by atoms with Crippen LogP contribution in [0.1, 0.15) is 241 Å². The molecule has 0 bridgehead atoms. The van der Waals surface area contributed by atoms with Gasteiger partial charge < -0.3 is 19.5 Å². The second kappa shape index (κ2) is 49.9. The van der Waals surface area contributed by atoms with Crippen LogP contribution in [0, 0.1) is 5.92 Å². The zero-order chi connectivity index (χ0) is 39.2. The Bertz CT molecular complexity index is 669. The molecule has 0 aromatic heterocycles. The van der Waals surface area contributed by atoms with Gasteiger partial charge >= 0.3 is 11.9 Å². The number of aliphatic hydroxyl groups is 1. The molecule has 1 atom stereocenters. The Morgan fingerprint density at radius 1 is 0.462 bits per heavy atom. The van der Waals surface area contributed by atoms with Crippen molar-refractivity contribution in [3.8, 4) is 0 Å². The number of ether oxygens (including phenoxy) is 2. The molecule has 0 aliphatic carbocycles. The van der Waals surface area contributed by atoms with Crippen LogP contribution in [0.4, 0.5) is 0 Å². The fourth-order valence-corrected chi connectivity index (χ4v) is 6.33. The predicted octanol–water partition coefficient (Wildman–Crippen LogP) is 13.8. The molecule has 6 nitrogen and oxygen atoms in total. The molecular formula is C46H95NO5. The summed E-state index contributed by atoms with van der Waals surface area (Å²) in [7, 11) is 0. The molecule has 52 heavy (non-hydrogen) atoms. The van der Waals surface area contributed by atoms with Crippen molar-refractivity contribution < 1.29 is 24.2 Å². The maximum Gasteiger partial charge on any atom is 0.308 e. The Morgan fingerprint density at radius 3 is 1.29 bits per heavy atom. The van der Waals surface area contributed by atoms with E-state index >= 15 is 0 Å². The van der Waals surface area contributed by atoms with Crippen LogP contribution in [0.25, 0.3) is 0 Å². The molecule has 0 heterocycles. The van der Waals surface area contributed by atoms with Gasteiger partial charge in [0.2, 0.25) is 0 Å². The third kappa shape index (κ3) is 45.0. The number of hydrogen-bond donors (Lipinski definition) is 1. The third-order valence-corrected chi connectivity index (χ3v) is 9.71. The molecule has 0 fully saturated rings. The van der Waals surface area contributed by atoms with Gasteiger partial charge in [-0.05, 0) is 64.5 Å². The molecule has 0 amide bonds. The van der Waals surface area contributed by atoms with E-state index in [-0.39, 0.29) is 24.5 Å². The monoisotopic (exact) mass is 742 g/mol. The van der Waals surface area contributed by atoms with E-state index in [0.29, 0.717) is 19.6 Å². The Labute approximate surface area is 326 Å². The highest BCUT2D eigenvalue weighted by Crippen LogP contribution is 2.21. The molecular weight excluding hydrogens is 647 g/mol. The maximum atomic E-state index is 12.9. The molecule has 0 aliphatic heterocycles. The van der Waals surface area contributed by atoms with Crippen LogP contribution in [-0.4, -0.2) is 61.4 Å². The fourth-order valence-electron chi connectivity index (χ4n) is 6.33. The van der Waals surface area contributed by atoms with Crippen LogP contribution in [0.2, 0.25) is 0 Å². The van der Waals surface area contributed by atoms with Gasteiger partial charge in [0, 0.05) is 19.6 Å². The molecule has 6 heteroatoms. The lowest BCUT2D eigenvalue weighted by Gasteiger charge is -2.22. The highest BCUT2D eigenvalue weighted by Gasteiger charge is 2.19. The lowest BCUT2D eigenvalue weighted by Crippen LogP contribution is -2.28. The first kappa shape index (κ1) is 55.2. The van der Waals surface area contributed by atoms with Gasteiger partial charge in [0.1, 0.15) is 0 Å². The summed E-state index contributed by atoms with van der Waals surface area (Å²) in [5, 5.41) is 9.32. The quantitative estimate of drug-likeness (QED) is 0.0501. The first-order valence-corrected chi connectivity index (χ1v) is 23.2. The number of esters is 2. The Hall–Kier alpha value is -1.14. The standard InChI is InChI=1S/C37H73NO5.C7H16.C2H6/c1-4-7-10-13-15-17-20-28-36(40)42-33-23-21-29-38(31-25-32-39)30-22-24-34-43-37(41)35(26-18-12-9-6-3)27-19-16-14-11-8-5-2;1-3-5-7-6-4-2;1-2/h35,39H,4-34H2,1-3H3;3-7H2,1-2H3;1-2H3. The second-order valence-electron chi connectivity index (χ2n) is 14.8. The average molecular weight is 742 g/mol. The van der Waals surface area contributed by atoms with Crippen LogP contribution in [0.15, 0.2) is 0 Å². The van der Waals surface area contributed by atoms with Gasteiger partial charge in [-0.1, -0.05) is 183 Å². The van der Waals surface area contributed by atoms with Crippen molar-refractivity contribution in [2.75, 3.05) is 39.5 Å². The number of rotatable bonds is 38. The zero-order valence-corrected chi connectivity index (χ0v) is 36.6. The summed E-state index contributed by atoms with van der Waals surface area (Å²) in [6.07, 6.45) is 34.7. The minimum absolute atomic E-state index is 0.0173. The largest absolute Gasteiger partial charge is 0.466 e. The van der Waals surface area contributed by atoms with E-state index in [9.17, 15) is 14.7 Å². The lowest BCUT2D eigenvalue weighted by atomic mass is 9.94. The summed E-state index contributed by atoms with van der Waals surface area (Å²) < 4.78 is 11.2. The third-order valence-electron chi connectivity index (χ3n) is 9.71. The summed E-state index contributed by atoms with van der Waals surface area (Å²) in [5.41, 5.74) is 0. The topological polar surface area (TPSA) is 76.1 Å². The first-order valence-electron chi connectivity index (χ1n) is 23.2. The van der Waals surface area contributed by atoms with Gasteiger partial charge in [0.15, 0.2) is 0 Å². The molecule has 0 rings (SSSR count). The van der Waals surface area contributed by atoms with Gasteiger partial charge in [-0.3, -0.25) is 9.59 Å². The summed E-state index contributed by atoms with van der Waals surface area (Å²) in [6, 6.07) is 0. The number of hydrogen-bond acceptors (Lipinski definition) is 6. The van der Waals surface area contributed by atoms with E-state index in [0.717, 1.165) is 90.3 Å². The van der Waals surface area contributed by atoms with E-state index in [1.165, 1.54) is 116 Å². The second-order valence-corrected chi connectivity index (χ2v) is 14.8. The zero-order valence-electron chi connectivity index (χ0n) is 36.6. The summed E-state index contributed by atoms with van der Waals surface area (Å²) in [4.78, 5) is 27.3. The Balaban J connectivity index is -0.00000236. The van der Waals surface area contributed by atoms with Crippen molar-refractivity contribution in [1.82, 2.24) is 4.90 Å². The van der Waals surface area contributed by atoms with E-state index in [1.54, 1.807) is 0 Å². The van der Waals surface area contributed by atoms with Gasteiger partial charge in [0.25, 0.3) is 0 Å². The normalized spacial score (nSPS) is 11.4. The predicted molar refractivity (Wildman–Crippen MR) is 227 cm³/mol. The van der Waals surface area contributed by atoms with Crippen LogP contribution in [0.5, 0.6) is 0 Å². The van der Waals surface area contributed by atoms with E-state index in [1.807, 2.05) is 13.8 Å². The minimum atomic E-state index is -0.0598. The SMILES string of the molecule is CC.CCCCCCC.CCCCCCCCCC(=O)OCCCCN(CCCO)CCCCOC(=O)C(CCCCCC)CCCCCCCC. The van der Waals surface area contributed by atoms with Gasteiger partial charge in [-0.2, -0.15) is 0 Å². The van der Waals surface area contributed by atoms with Crippen LogP contribution >= 0.6 is 0 Å². The van der Waals surface area contributed by atoms with Crippen molar-refractivity contribution in [3.63, 3.8) is 0 Å². The molecule has 314 valence electrons. The smallest absolute Gasteiger partial charge is 0.308 e. The van der Waals surface area contributed by atoms with Crippen LogP contribution in [-0.2, 0) is 19.1 Å². The summed E-state index contributed by atoms with van der Waals surface area (Å²) in [6.45, 7) is 19.1. The average Bonchev–Trinajstić information content (AvgIpc) is 3.16. The Morgan fingerprint density at radius 2 is 0.827 bits per heavy atom. The van der Waals surface area contributed by atoms with E-state index in [4.69, 9.17) is 9.47 Å². The molecule has 1 N–H and O–H groups in total.